The fraction of sp³-hybridized carbons (Fsp3) is 0.200. The van der Waals surface area contributed by atoms with E-state index in [0.29, 0.717) is 0 Å². The molecule has 5 heteroatoms. The molecule has 4 nitrogen and oxygen atoms in total. The highest BCUT2D eigenvalue weighted by Gasteiger charge is 2.15. The van der Waals surface area contributed by atoms with Crippen LogP contribution in [0.15, 0.2) is 53.7 Å². The second-order valence-electron chi connectivity index (χ2n) is 4.15. The highest BCUT2D eigenvalue weighted by atomic mass is 32.2. The first-order valence-electron chi connectivity index (χ1n) is 6.21. The van der Waals surface area contributed by atoms with Gasteiger partial charge in [0.15, 0.2) is 0 Å². The van der Waals surface area contributed by atoms with Gasteiger partial charge in [0, 0.05) is 11.9 Å². The third-order valence-electron chi connectivity index (χ3n) is 2.66. The standard InChI is InChI=1S/C15H16N2O2S/c1-11(20-14-5-3-4-10-16-14)15(18)17-12-6-8-13(19-2)9-7-12/h3-11H,1-2H3,(H,17,18)/t11-/m1/s1. The normalized spacial score (nSPS) is 11.7. The van der Waals surface area contributed by atoms with E-state index in [4.69, 9.17) is 4.74 Å². The Bertz CT molecular complexity index is 558. The summed E-state index contributed by atoms with van der Waals surface area (Å²) in [7, 11) is 1.61. The summed E-state index contributed by atoms with van der Waals surface area (Å²) in [5, 5.41) is 3.49. The molecule has 0 unspecified atom stereocenters. The fourth-order valence-electron chi connectivity index (χ4n) is 1.57. The lowest BCUT2D eigenvalue weighted by Gasteiger charge is -2.11. The van der Waals surface area contributed by atoms with Crippen LogP contribution < -0.4 is 10.1 Å². The van der Waals surface area contributed by atoms with Gasteiger partial charge in [-0.25, -0.2) is 4.98 Å². The molecule has 1 aromatic carbocycles. The average Bonchev–Trinajstić information content (AvgIpc) is 2.49. The second-order valence-corrected chi connectivity index (χ2v) is 5.51. The number of amides is 1. The predicted molar refractivity (Wildman–Crippen MR) is 81.2 cm³/mol. The Morgan fingerprint density at radius 2 is 2.00 bits per heavy atom. The minimum absolute atomic E-state index is 0.0502. The zero-order chi connectivity index (χ0) is 14.4. The fourth-order valence-corrected chi connectivity index (χ4v) is 2.38. The van der Waals surface area contributed by atoms with E-state index >= 15 is 0 Å². The van der Waals surface area contributed by atoms with Crippen molar-refractivity contribution in [1.82, 2.24) is 4.98 Å². The van der Waals surface area contributed by atoms with E-state index in [0.717, 1.165) is 16.5 Å². The van der Waals surface area contributed by atoms with E-state index < -0.39 is 0 Å². The molecule has 0 bridgehead atoms. The molecule has 0 saturated heterocycles. The summed E-state index contributed by atoms with van der Waals surface area (Å²) in [5.41, 5.74) is 0.754. The van der Waals surface area contributed by atoms with Crippen molar-refractivity contribution in [3.05, 3.63) is 48.7 Å². The van der Waals surface area contributed by atoms with Crippen LogP contribution in [-0.4, -0.2) is 23.3 Å². The summed E-state index contributed by atoms with van der Waals surface area (Å²) in [6.07, 6.45) is 1.72. The number of rotatable bonds is 5. The van der Waals surface area contributed by atoms with Crippen molar-refractivity contribution in [3.8, 4) is 5.75 Å². The lowest BCUT2D eigenvalue weighted by Crippen LogP contribution is -2.22. The molecule has 1 amide bonds. The van der Waals surface area contributed by atoms with Crippen molar-refractivity contribution >= 4 is 23.4 Å². The molecule has 0 aliphatic heterocycles. The van der Waals surface area contributed by atoms with E-state index in [1.165, 1.54) is 11.8 Å². The van der Waals surface area contributed by atoms with Crippen LogP contribution in [0.2, 0.25) is 0 Å². The maximum absolute atomic E-state index is 12.1. The molecule has 0 aliphatic carbocycles. The Kier molecular flexibility index (Phi) is 5.01. The van der Waals surface area contributed by atoms with Crippen LogP contribution >= 0.6 is 11.8 Å². The molecule has 0 radical (unpaired) electrons. The molecule has 1 N–H and O–H groups in total. The summed E-state index contributed by atoms with van der Waals surface area (Å²) >= 11 is 1.43. The number of aromatic nitrogens is 1. The van der Waals surface area contributed by atoms with Gasteiger partial charge in [0.1, 0.15) is 5.75 Å². The SMILES string of the molecule is COc1ccc(NC(=O)[C@@H](C)Sc2ccccn2)cc1. The topological polar surface area (TPSA) is 51.2 Å². The number of ether oxygens (including phenoxy) is 1. The van der Waals surface area contributed by atoms with Crippen LogP contribution in [0.1, 0.15) is 6.92 Å². The number of hydrogen-bond acceptors (Lipinski definition) is 4. The number of anilines is 1. The van der Waals surface area contributed by atoms with Crippen molar-refractivity contribution in [1.29, 1.82) is 0 Å². The van der Waals surface area contributed by atoms with E-state index in [1.807, 2.05) is 49.4 Å². The molecule has 104 valence electrons. The van der Waals surface area contributed by atoms with Gasteiger partial charge in [-0.15, -0.1) is 0 Å². The summed E-state index contributed by atoms with van der Waals surface area (Å²) in [4.78, 5) is 16.3. The predicted octanol–water partition coefficient (Wildman–Crippen LogP) is 3.21. The Hall–Kier alpha value is -2.01. The lowest BCUT2D eigenvalue weighted by molar-refractivity contribution is -0.115. The Balaban J connectivity index is 1.93. The second kappa shape index (κ2) is 6.96. The largest absolute Gasteiger partial charge is 0.497 e. The van der Waals surface area contributed by atoms with Crippen molar-refractivity contribution < 1.29 is 9.53 Å². The summed E-state index contributed by atoms with van der Waals surface area (Å²) in [6, 6.07) is 12.9. The highest BCUT2D eigenvalue weighted by Crippen LogP contribution is 2.22. The number of methoxy groups -OCH3 is 1. The molecular formula is C15H16N2O2S. The molecular weight excluding hydrogens is 272 g/mol. The van der Waals surface area contributed by atoms with Crippen LogP contribution in [0.5, 0.6) is 5.75 Å². The highest BCUT2D eigenvalue weighted by molar-refractivity contribution is 8.00. The number of thioether (sulfide) groups is 1. The van der Waals surface area contributed by atoms with E-state index in [-0.39, 0.29) is 11.2 Å². The first kappa shape index (κ1) is 14.4. The van der Waals surface area contributed by atoms with Gasteiger partial charge in [0.05, 0.1) is 17.4 Å². The van der Waals surface area contributed by atoms with E-state index in [2.05, 4.69) is 10.3 Å². The number of benzene rings is 1. The lowest BCUT2D eigenvalue weighted by atomic mass is 10.3. The molecule has 1 aromatic heterocycles. The van der Waals surface area contributed by atoms with Gasteiger partial charge in [0.25, 0.3) is 0 Å². The Labute approximate surface area is 122 Å². The zero-order valence-corrected chi connectivity index (χ0v) is 12.2. The quantitative estimate of drug-likeness (QED) is 0.858. The van der Waals surface area contributed by atoms with Gasteiger partial charge in [-0.1, -0.05) is 17.8 Å². The number of carbonyl (C=O) groups excluding carboxylic acids is 1. The van der Waals surface area contributed by atoms with Crippen LogP contribution in [0.25, 0.3) is 0 Å². The van der Waals surface area contributed by atoms with Crippen LogP contribution in [0, 0.1) is 0 Å². The van der Waals surface area contributed by atoms with Gasteiger partial charge in [0.2, 0.25) is 5.91 Å². The third kappa shape index (κ3) is 3.99. The average molecular weight is 288 g/mol. The maximum atomic E-state index is 12.1. The van der Waals surface area contributed by atoms with Gasteiger partial charge in [-0.3, -0.25) is 4.79 Å². The van der Waals surface area contributed by atoms with Gasteiger partial charge in [-0.05, 0) is 43.3 Å². The molecule has 0 saturated carbocycles. The number of pyridine rings is 1. The third-order valence-corrected chi connectivity index (χ3v) is 3.71. The van der Waals surface area contributed by atoms with Crippen molar-refractivity contribution in [2.24, 2.45) is 0 Å². The Morgan fingerprint density at radius 3 is 2.60 bits per heavy atom. The van der Waals surface area contributed by atoms with E-state index in [1.54, 1.807) is 13.3 Å². The van der Waals surface area contributed by atoms with Crippen LogP contribution in [-0.2, 0) is 4.79 Å². The molecule has 1 atom stereocenters. The van der Waals surface area contributed by atoms with Crippen molar-refractivity contribution in [2.45, 2.75) is 17.2 Å². The van der Waals surface area contributed by atoms with Crippen LogP contribution in [0.4, 0.5) is 5.69 Å². The summed E-state index contributed by atoms with van der Waals surface area (Å²) in [5.74, 6) is 0.713. The number of nitrogens with zero attached hydrogens (tertiary/aromatic N) is 1. The monoisotopic (exact) mass is 288 g/mol. The molecule has 1 heterocycles. The molecule has 2 rings (SSSR count). The summed E-state index contributed by atoms with van der Waals surface area (Å²) < 4.78 is 5.08. The molecule has 0 aliphatic rings. The number of hydrogen-bond donors (Lipinski definition) is 1. The van der Waals surface area contributed by atoms with Crippen molar-refractivity contribution in [2.75, 3.05) is 12.4 Å². The molecule has 20 heavy (non-hydrogen) atoms. The van der Waals surface area contributed by atoms with Gasteiger partial charge >= 0.3 is 0 Å². The first-order chi connectivity index (χ1) is 9.69. The van der Waals surface area contributed by atoms with E-state index in [9.17, 15) is 4.79 Å². The van der Waals surface area contributed by atoms with Gasteiger partial charge < -0.3 is 10.1 Å². The minimum Gasteiger partial charge on any atom is -0.497 e. The molecule has 0 fully saturated rings. The number of carbonyl (C=O) groups is 1. The Morgan fingerprint density at radius 1 is 1.25 bits per heavy atom. The van der Waals surface area contributed by atoms with Crippen LogP contribution in [0.3, 0.4) is 0 Å². The minimum atomic E-state index is -0.216. The molecule has 0 spiro atoms. The van der Waals surface area contributed by atoms with Gasteiger partial charge in [-0.2, -0.15) is 0 Å². The summed E-state index contributed by atoms with van der Waals surface area (Å²) in [6.45, 7) is 1.86. The van der Waals surface area contributed by atoms with Crippen molar-refractivity contribution in [3.63, 3.8) is 0 Å². The maximum Gasteiger partial charge on any atom is 0.237 e. The number of nitrogens with one attached hydrogen (secondary N) is 1. The first-order valence-corrected chi connectivity index (χ1v) is 7.09. The molecule has 2 aromatic rings. The zero-order valence-electron chi connectivity index (χ0n) is 11.4. The smallest absolute Gasteiger partial charge is 0.237 e.